The van der Waals surface area contributed by atoms with Crippen LogP contribution in [-0.2, 0) is 22.6 Å². The number of rotatable bonds is 7. The first-order chi connectivity index (χ1) is 13.3. The number of aromatic nitrogens is 1. The Labute approximate surface area is 195 Å². The van der Waals surface area contributed by atoms with Crippen molar-refractivity contribution >= 4 is 63.9 Å². The van der Waals surface area contributed by atoms with Crippen LogP contribution in [0.1, 0.15) is 23.7 Å². The van der Waals surface area contributed by atoms with Crippen molar-refractivity contribution in [2.45, 2.75) is 32.9 Å². The molecule has 0 saturated heterocycles. The number of carbonyl (C=O) groups excluding carboxylic acids is 1. The fourth-order valence-electron chi connectivity index (χ4n) is 3.32. The number of nitrogens with two attached hydrogens (primary N) is 1. The van der Waals surface area contributed by atoms with Gasteiger partial charge in [-0.15, -0.1) is 0 Å². The molecule has 1 heterocycles. The fourth-order valence-corrected chi connectivity index (χ4v) is 3.54. The Morgan fingerprint density at radius 2 is 1.93 bits per heavy atom. The normalized spacial score (nSPS) is 11.7. The van der Waals surface area contributed by atoms with E-state index >= 15 is 0 Å². The van der Waals surface area contributed by atoms with Crippen molar-refractivity contribution in [3.8, 4) is 5.75 Å². The van der Waals surface area contributed by atoms with Gasteiger partial charge in [0, 0.05) is 22.6 Å². The zero-order chi connectivity index (χ0) is 20.4. The summed E-state index contributed by atoms with van der Waals surface area (Å²) in [5, 5.41) is 10.5. The van der Waals surface area contributed by atoms with E-state index in [4.69, 9.17) is 22.1 Å². The molecular weight excluding hydrogens is 403 g/mol. The van der Waals surface area contributed by atoms with Crippen molar-refractivity contribution < 1.29 is 19.4 Å². The molecule has 0 aliphatic heterocycles. The van der Waals surface area contributed by atoms with E-state index in [1.54, 1.807) is 12.1 Å². The number of nitrogens with zero attached hydrogens (tertiary/aromatic N) is 1. The molecule has 3 aromatic rings. The van der Waals surface area contributed by atoms with Gasteiger partial charge in [-0.1, -0.05) is 29.8 Å². The third kappa shape index (κ3) is 5.14. The summed E-state index contributed by atoms with van der Waals surface area (Å²) in [6, 6.07) is 13.0. The Balaban J connectivity index is 0.00000300. The first-order valence-corrected chi connectivity index (χ1v) is 9.18. The van der Waals surface area contributed by atoms with Crippen LogP contribution in [0.15, 0.2) is 42.5 Å². The van der Waals surface area contributed by atoms with Crippen molar-refractivity contribution in [2.75, 3.05) is 0 Å². The number of halogens is 1. The summed E-state index contributed by atoms with van der Waals surface area (Å²) >= 11 is 6.11. The molecular formula is C21H22ClN2NaO4. The van der Waals surface area contributed by atoms with E-state index in [0.29, 0.717) is 22.7 Å². The van der Waals surface area contributed by atoms with Crippen molar-refractivity contribution in [2.24, 2.45) is 5.73 Å². The van der Waals surface area contributed by atoms with E-state index in [9.17, 15) is 14.7 Å². The molecule has 1 unspecified atom stereocenters. The van der Waals surface area contributed by atoms with E-state index in [1.165, 1.54) is 6.92 Å². The Morgan fingerprint density at radius 1 is 1.24 bits per heavy atom. The standard InChI is InChI=1S/C21H21ClN2O4.Na.H/c1-12-16(10-19(23)25)20-17(7-4-8-18(20)28-13(2)21(26)27)24(12)11-14-5-3-6-15(22)9-14;;/h3-9,13H,10-11H2,1-2H3,(H2,23,25)(H,26,27);;. The van der Waals surface area contributed by atoms with Gasteiger partial charge in [0.1, 0.15) is 5.75 Å². The monoisotopic (exact) mass is 424 g/mol. The predicted octanol–water partition coefficient (Wildman–Crippen LogP) is 2.88. The summed E-state index contributed by atoms with van der Waals surface area (Å²) in [7, 11) is 0. The molecule has 2 aromatic carbocycles. The van der Waals surface area contributed by atoms with Crippen LogP contribution >= 0.6 is 11.6 Å². The number of benzene rings is 2. The summed E-state index contributed by atoms with van der Waals surface area (Å²) in [6.07, 6.45) is -0.990. The average molecular weight is 425 g/mol. The molecule has 3 N–H and O–H groups in total. The molecule has 29 heavy (non-hydrogen) atoms. The number of amides is 1. The van der Waals surface area contributed by atoms with Gasteiger partial charge >= 0.3 is 35.5 Å². The molecule has 8 heteroatoms. The number of carboxylic acids is 1. The summed E-state index contributed by atoms with van der Waals surface area (Å²) in [6.45, 7) is 3.91. The van der Waals surface area contributed by atoms with E-state index in [-0.39, 0.29) is 36.0 Å². The van der Waals surface area contributed by atoms with Crippen LogP contribution in [0.5, 0.6) is 5.75 Å². The first kappa shape index (κ1) is 23.3. The molecule has 0 bridgehead atoms. The molecule has 0 saturated carbocycles. The summed E-state index contributed by atoms with van der Waals surface area (Å²) < 4.78 is 7.72. The van der Waals surface area contributed by atoms with E-state index in [2.05, 4.69) is 4.57 Å². The molecule has 0 aliphatic carbocycles. The Hall–Kier alpha value is -1.99. The van der Waals surface area contributed by atoms with Gasteiger partial charge < -0.3 is 20.1 Å². The third-order valence-electron chi connectivity index (χ3n) is 4.67. The summed E-state index contributed by atoms with van der Waals surface area (Å²) in [5.74, 6) is -1.12. The number of fused-ring (bicyclic) bond motifs is 1. The Morgan fingerprint density at radius 3 is 2.55 bits per heavy atom. The molecule has 1 aromatic heterocycles. The minimum atomic E-state index is -1.07. The van der Waals surface area contributed by atoms with Gasteiger partial charge in [-0.3, -0.25) is 4.79 Å². The number of ether oxygens (including phenoxy) is 1. The maximum atomic E-state index is 11.7. The molecule has 0 spiro atoms. The van der Waals surface area contributed by atoms with Crippen molar-refractivity contribution in [3.05, 3.63) is 64.3 Å². The van der Waals surface area contributed by atoms with Crippen LogP contribution in [0.2, 0.25) is 5.02 Å². The van der Waals surface area contributed by atoms with Crippen LogP contribution in [0.25, 0.3) is 10.9 Å². The van der Waals surface area contributed by atoms with Crippen molar-refractivity contribution in [3.63, 3.8) is 0 Å². The second kappa shape index (κ2) is 9.67. The Bertz CT molecular complexity index is 1060. The van der Waals surface area contributed by atoms with Gasteiger partial charge in [-0.05, 0) is 49.2 Å². The molecule has 148 valence electrons. The second-order valence-corrected chi connectivity index (χ2v) is 7.11. The van der Waals surface area contributed by atoms with Crippen molar-refractivity contribution in [1.82, 2.24) is 4.57 Å². The van der Waals surface area contributed by atoms with Gasteiger partial charge in [0.2, 0.25) is 5.91 Å². The molecule has 1 amide bonds. The predicted molar refractivity (Wildman–Crippen MR) is 115 cm³/mol. The summed E-state index contributed by atoms with van der Waals surface area (Å²) in [4.78, 5) is 22.9. The topological polar surface area (TPSA) is 94.6 Å². The quantitative estimate of drug-likeness (QED) is 0.570. The zero-order valence-corrected chi connectivity index (χ0v) is 16.4. The van der Waals surface area contributed by atoms with E-state index < -0.39 is 18.0 Å². The van der Waals surface area contributed by atoms with Gasteiger partial charge in [0.25, 0.3) is 0 Å². The zero-order valence-electron chi connectivity index (χ0n) is 15.6. The van der Waals surface area contributed by atoms with Crippen LogP contribution in [0.3, 0.4) is 0 Å². The first-order valence-electron chi connectivity index (χ1n) is 8.80. The average Bonchev–Trinajstić information content (AvgIpc) is 2.88. The number of hydrogen-bond donors (Lipinski definition) is 2. The molecule has 0 fully saturated rings. The number of carbonyl (C=O) groups is 2. The molecule has 0 aliphatic rings. The minimum absolute atomic E-state index is 0. The number of primary amides is 1. The van der Waals surface area contributed by atoms with Crippen LogP contribution in [0, 0.1) is 6.92 Å². The number of aliphatic carboxylic acids is 1. The Kier molecular flexibility index (Phi) is 7.77. The molecule has 0 radical (unpaired) electrons. The SMILES string of the molecule is Cc1c(CC(N)=O)c2c(OC(C)C(=O)O)cccc2n1Cc1cccc(Cl)c1.[NaH]. The van der Waals surface area contributed by atoms with Gasteiger partial charge in [0.05, 0.1) is 11.9 Å². The van der Waals surface area contributed by atoms with Crippen LogP contribution in [-0.4, -0.2) is 57.2 Å². The van der Waals surface area contributed by atoms with Crippen molar-refractivity contribution in [1.29, 1.82) is 0 Å². The molecule has 1 atom stereocenters. The second-order valence-electron chi connectivity index (χ2n) is 6.67. The van der Waals surface area contributed by atoms with Crippen LogP contribution in [0.4, 0.5) is 0 Å². The summed E-state index contributed by atoms with van der Waals surface area (Å²) in [5.41, 5.74) is 8.91. The van der Waals surface area contributed by atoms with Gasteiger partial charge in [-0.25, -0.2) is 4.79 Å². The van der Waals surface area contributed by atoms with E-state index in [0.717, 1.165) is 22.3 Å². The number of hydrogen-bond acceptors (Lipinski definition) is 3. The fraction of sp³-hybridized carbons (Fsp3) is 0.238. The number of carboxylic acid groups (broad SMARTS) is 1. The molecule has 3 rings (SSSR count). The van der Waals surface area contributed by atoms with Gasteiger partial charge in [-0.2, -0.15) is 0 Å². The van der Waals surface area contributed by atoms with Gasteiger partial charge in [0.15, 0.2) is 6.10 Å². The third-order valence-corrected chi connectivity index (χ3v) is 4.91. The maximum absolute atomic E-state index is 11.7. The molecule has 6 nitrogen and oxygen atoms in total. The van der Waals surface area contributed by atoms with Crippen LogP contribution < -0.4 is 10.5 Å². The van der Waals surface area contributed by atoms with E-state index in [1.807, 2.05) is 37.3 Å².